The lowest BCUT2D eigenvalue weighted by atomic mass is 10.0. The molecule has 18 heavy (non-hydrogen) atoms. The normalized spacial score (nSPS) is 17.7. The summed E-state index contributed by atoms with van der Waals surface area (Å²) in [5, 5.41) is 0.661. The van der Waals surface area contributed by atoms with Crippen LogP contribution in [0.15, 0.2) is 24.3 Å². The minimum Gasteiger partial charge on any atom is -0.339 e. The maximum atomic E-state index is 12.3. The quantitative estimate of drug-likeness (QED) is 0.821. The molecule has 3 nitrogen and oxygen atoms in total. The van der Waals surface area contributed by atoms with E-state index in [1.165, 1.54) is 0 Å². The molecule has 4 heteroatoms. The number of piperidine rings is 1. The van der Waals surface area contributed by atoms with Crippen LogP contribution in [-0.2, 0) is 0 Å². The average Bonchev–Trinajstić information content (AvgIpc) is 2.39. The second kappa shape index (κ2) is 5.72. The third-order valence-electron chi connectivity index (χ3n) is 3.65. The maximum absolute atomic E-state index is 12.3. The second-order valence-electron chi connectivity index (χ2n) is 4.96. The number of amides is 1. The molecule has 0 bridgehead atoms. The Morgan fingerprint density at radius 1 is 1.28 bits per heavy atom. The lowest BCUT2D eigenvalue weighted by Gasteiger charge is -2.35. The lowest BCUT2D eigenvalue weighted by molar-refractivity contribution is 0.0659. The molecule has 0 radical (unpaired) electrons. The van der Waals surface area contributed by atoms with Gasteiger partial charge in [-0.25, -0.2) is 0 Å². The molecule has 0 unspecified atom stereocenters. The predicted octanol–water partition coefficient (Wildman–Crippen LogP) is 2.51. The van der Waals surface area contributed by atoms with Gasteiger partial charge in [-0.15, -0.1) is 0 Å². The predicted molar refractivity (Wildman–Crippen MR) is 74.1 cm³/mol. The molecule has 2 rings (SSSR count). The van der Waals surface area contributed by atoms with Crippen LogP contribution in [0.1, 0.15) is 23.2 Å². The Kier molecular flexibility index (Phi) is 4.25. The van der Waals surface area contributed by atoms with Gasteiger partial charge in [0.25, 0.3) is 5.91 Å². The molecule has 0 saturated carbocycles. The molecular formula is C14H19ClN2O. The number of hydrogen-bond donors (Lipinski definition) is 0. The van der Waals surface area contributed by atoms with E-state index in [2.05, 4.69) is 11.9 Å². The lowest BCUT2D eigenvalue weighted by Crippen LogP contribution is -2.44. The van der Waals surface area contributed by atoms with E-state index in [-0.39, 0.29) is 5.91 Å². The van der Waals surface area contributed by atoms with Crippen molar-refractivity contribution in [3.05, 3.63) is 34.9 Å². The summed E-state index contributed by atoms with van der Waals surface area (Å²) in [5.41, 5.74) is 0.709. The summed E-state index contributed by atoms with van der Waals surface area (Å²) >= 11 is 5.83. The first kappa shape index (κ1) is 13.4. The van der Waals surface area contributed by atoms with Crippen LogP contribution < -0.4 is 0 Å². The van der Waals surface area contributed by atoms with E-state index in [4.69, 9.17) is 11.6 Å². The fourth-order valence-corrected chi connectivity index (χ4v) is 2.47. The van der Waals surface area contributed by atoms with Crippen molar-refractivity contribution in [3.63, 3.8) is 0 Å². The van der Waals surface area contributed by atoms with Crippen LogP contribution in [0.2, 0.25) is 5.02 Å². The van der Waals surface area contributed by atoms with Crippen LogP contribution in [0.3, 0.4) is 0 Å². The number of carbonyl (C=O) groups excluding carboxylic acids is 1. The molecule has 0 aromatic heterocycles. The van der Waals surface area contributed by atoms with Crippen molar-refractivity contribution in [3.8, 4) is 0 Å². The highest BCUT2D eigenvalue weighted by molar-refractivity contribution is 6.30. The van der Waals surface area contributed by atoms with Gasteiger partial charge in [-0.05, 0) is 57.2 Å². The monoisotopic (exact) mass is 266 g/mol. The fraction of sp³-hybridized carbons (Fsp3) is 0.500. The van der Waals surface area contributed by atoms with E-state index in [1.54, 1.807) is 24.3 Å². The largest absolute Gasteiger partial charge is 0.339 e. The number of benzene rings is 1. The average molecular weight is 267 g/mol. The molecule has 1 heterocycles. The Morgan fingerprint density at radius 3 is 2.39 bits per heavy atom. The molecule has 1 aromatic carbocycles. The zero-order chi connectivity index (χ0) is 13.1. The zero-order valence-corrected chi connectivity index (χ0v) is 11.7. The van der Waals surface area contributed by atoms with E-state index < -0.39 is 0 Å². The highest BCUT2D eigenvalue weighted by Gasteiger charge is 2.24. The van der Waals surface area contributed by atoms with Crippen LogP contribution in [-0.4, -0.2) is 48.9 Å². The number of carbonyl (C=O) groups is 1. The first-order valence-electron chi connectivity index (χ1n) is 6.29. The number of nitrogens with zero attached hydrogens (tertiary/aromatic N) is 2. The summed E-state index contributed by atoms with van der Waals surface area (Å²) in [6, 6.07) is 7.45. The Labute approximate surface area is 113 Å². The number of likely N-dealkylation sites (tertiary alicyclic amines) is 1. The molecule has 1 fully saturated rings. The van der Waals surface area contributed by atoms with Gasteiger partial charge in [-0.3, -0.25) is 4.79 Å². The van der Waals surface area contributed by atoms with Crippen molar-refractivity contribution in [2.75, 3.05) is 27.2 Å². The van der Waals surface area contributed by atoms with Gasteiger partial charge < -0.3 is 9.80 Å². The molecule has 0 N–H and O–H groups in total. The molecule has 0 spiro atoms. The highest BCUT2D eigenvalue weighted by Crippen LogP contribution is 2.17. The molecule has 0 atom stereocenters. The molecule has 1 aliphatic heterocycles. The number of hydrogen-bond acceptors (Lipinski definition) is 2. The van der Waals surface area contributed by atoms with E-state index in [0.717, 1.165) is 25.9 Å². The Balaban J connectivity index is 2.02. The summed E-state index contributed by atoms with van der Waals surface area (Å²) in [6.45, 7) is 2.12. The van der Waals surface area contributed by atoms with Gasteiger partial charge in [-0.2, -0.15) is 0 Å². The van der Waals surface area contributed by atoms with Crippen molar-refractivity contribution >= 4 is 17.5 Å². The smallest absolute Gasteiger partial charge is 0.253 e. The van der Waals surface area contributed by atoms with Gasteiger partial charge in [0.05, 0.1) is 0 Å². The Morgan fingerprint density at radius 2 is 1.83 bits per heavy atom. The van der Waals surface area contributed by atoms with E-state index in [0.29, 0.717) is 16.6 Å². The molecule has 1 aliphatic rings. The van der Waals surface area contributed by atoms with E-state index >= 15 is 0 Å². The first-order valence-corrected chi connectivity index (χ1v) is 6.67. The van der Waals surface area contributed by atoms with Gasteiger partial charge in [0.1, 0.15) is 0 Å². The summed E-state index contributed by atoms with van der Waals surface area (Å²) in [4.78, 5) is 16.5. The van der Waals surface area contributed by atoms with Crippen LogP contribution in [0.4, 0.5) is 0 Å². The topological polar surface area (TPSA) is 23.6 Å². The molecular weight excluding hydrogens is 248 g/mol. The van der Waals surface area contributed by atoms with Crippen molar-refractivity contribution in [1.29, 1.82) is 0 Å². The number of halogens is 1. The maximum Gasteiger partial charge on any atom is 0.253 e. The summed E-state index contributed by atoms with van der Waals surface area (Å²) in [7, 11) is 4.02. The fourth-order valence-electron chi connectivity index (χ4n) is 2.34. The van der Waals surface area contributed by atoms with E-state index in [9.17, 15) is 4.79 Å². The Bertz CT molecular complexity index is 410. The van der Waals surface area contributed by atoms with Crippen molar-refractivity contribution in [2.24, 2.45) is 0 Å². The molecule has 0 aliphatic carbocycles. The summed E-state index contributed by atoms with van der Waals surface area (Å²) in [6.07, 6.45) is 2.10. The van der Waals surface area contributed by atoms with Crippen LogP contribution in [0, 0.1) is 0 Å². The van der Waals surface area contributed by atoms with Gasteiger partial charge in [-0.1, -0.05) is 11.6 Å². The third-order valence-corrected chi connectivity index (χ3v) is 3.90. The van der Waals surface area contributed by atoms with Gasteiger partial charge in [0, 0.05) is 23.7 Å². The Hall–Kier alpha value is -1.06. The summed E-state index contributed by atoms with van der Waals surface area (Å²) in [5.74, 6) is 0.0845. The van der Waals surface area contributed by atoms with Crippen molar-refractivity contribution < 1.29 is 4.79 Å². The van der Waals surface area contributed by atoms with E-state index in [1.807, 2.05) is 11.9 Å². The number of rotatable bonds is 2. The van der Waals surface area contributed by atoms with Crippen LogP contribution in [0.25, 0.3) is 0 Å². The molecule has 1 saturated heterocycles. The minimum absolute atomic E-state index is 0.0845. The highest BCUT2D eigenvalue weighted by atomic mass is 35.5. The van der Waals surface area contributed by atoms with Crippen molar-refractivity contribution in [1.82, 2.24) is 9.80 Å². The van der Waals surface area contributed by atoms with Crippen molar-refractivity contribution in [2.45, 2.75) is 18.9 Å². The standard InChI is InChI=1S/C14H19ClN2O/c1-16-9-7-13(8-10-16)17(2)14(18)11-3-5-12(15)6-4-11/h3-6,13H,7-10H2,1-2H3. The van der Waals surface area contributed by atoms with Gasteiger partial charge in [0.2, 0.25) is 0 Å². The molecule has 1 amide bonds. The molecule has 1 aromatic rings. The zero-order valence-electron chi connectivity index (χ0n) is 10.9. The minimum atomic E-state index is 0.0845. The summed E-state index contributed by atoms with van der Waals surface area (Å²) < 4.78 is 0. The second-order valence-corrected chi connectivity index (χ2v) is 5.39. The first-order chi connectivity index (χ1) is 8.58. The SMILES string of the molecule is CN1CCC(N(C)C(=O)c2ccc(Cl)cc2)CC1. The van der Waals surface area contributed by atoms with Gasteiger partial charge in [0.15, 0.2) is 0 Å². The molecule has 98 valence electrons. The van der Waals surface area contributed by atoms with Gasteiger partial charge >= 0.3 is 0 Å². The third kappa shape index (κ3) is 3.03. The van der Waals surface area contributed by atoms with Crippen LogP contribution in [0.5, 0.6) is 0 Å². The van der Waals surface area contributed by atoms with Crippen LogP contribution >= 0.6 is 11.6 Å².